The summed E-state index contributed by atoms with van der Waals surface area (Å²) in [7, 11) is 0. The van der Waals surface area contributed by atoms with E-state index in [0.717, 1.165) is 4.88 Å². The van der Waals surface area contributed by atoms with Gasteiger partial charge in [-0.05, 0) is 38.1 Å². The molecule has 0 fully saturated rings. The van der Waals surface area contributed by atoms with Gasteiger partial charge in [0, 0.05) is 16.1 Å². The summed E-state index contributed by atoms with van der Waals surface area (Å²) in [6, 6.07) is 10.4. The average Bonchev–Trinajstić information content (AvgIpc) is 3.16. The minimum atomic E-state index is -0.308. The van der Waals surface area contributed by atoms with Gasteiger partial charge in [0.15, 0.2) is 16.6 Å². The number of aryl methyl sites for hydroxylation is 1. The lowest BCUT2D eigenvalue weighted by atomic mass is 10.1. The highest BCUT2D eigenvalue weighted by molar-refractivity contribution is 7.15. The zero-order valence-corrected chi connectivity index (χ0v) is 13.4. The number of furan rings is 1. The molecule has 2 heterocycles. The van der Waals surface area contributed by atoms with Crippen molar-refractivity contribution in [2.45, 2.75) is 13.8 Å². The van der Waals surface area contributed by atoms with Crippen molar-refractivity contribution in [3.63, 3.8) is 0 Å². The Morgan fingerprint density at radius 1 is 1.22 bits per heavy atom. The van der Waals surface area contributed by atoms with E-state index < -0.39 is 0 Å². The number of aromatic nitrogens is 1. The van der Waals surface area contributed by atoms with Crippen molar-refractivity contribution in [2.24, 2.45) is 0 Å². The van der Waals surface area contributed by atoms with Crippen LogP contribution in [0.15, 0.2) is 47.1 Å². The number of amides is 1. The summed E-state index contributed by atoms with van der Waals surface area (Å²) >= 11 is 1.40. The van der Waals surface area contributed by atoms with Gasteiger partial charge < -0.3 is 9.73 Å². The number of benzene rings is 1. The molecule has 0 aliphatic carbocycles. The second-order valence-electron chi connectivity index (χ2n) is 4.99. The van der Waals surface area contributed by atoms with E-state index >= 15 is 0 Å². The van der Waals surface area contributed by atoms with Gasteiger partial charge in [0.1, 0.15) is 5.69 Å². The molecule has 0 aliphatic heterocycles. The summed E-state index contributed by atoms with van der Waals surface area (Å²) in [6.07, 6.45) is 1.57. The number of Topliss-reactive ketones (excluding diaryl/α,β-unsaturated/α-hetero) is 1. The molecular formula is C17H14N2O3S. The Balaban J connectivity index is 1.84. The second kappa shape index (κ2) is 6.18. The van der Waals surface area contributed by atoms with E-state index in [1.54, 1.807) is 42.7 Å². The zero-order valence-electron chi connectivity index (χ0n) is 12.6. The van der Waals surface area contributed by atoms with Gasteiger partial charge in [0.05, 0.1) is 6.26 Å². The summed E-state index contributed by atoms with van der Waals surface area (Å²) in [5.41, 5.74) is 1.47. The summed E-state index contributed by atoms with van der Waals surface area (Å²) in [5, 5.41) is 3.44. The van der Waals surface area contributed by atoms with E-state index in [0.29, 0.717) is 27.7 Å². The van der Waals surface area contributed by atoms with Crippen LogP contribution in [0.3, 0.4) is 0 Å². The molecule has 0 aliphatic rings. The van der Waals surface area contributed by atoms with Gasteiger partial charge in [0.2, 0.25) is 0 Å². The van der Waals surface area contributed by atoms with Crippen molar-refractivity contribution in [1.82, 2.24) is 4.98 Å². The number of hydrogen-bond donors (Lipinski definition) is 1. The molecule has 3 aromatic rings. The van der Waals surface area contributed by atoms with E-state index in [-0.39, 0.29) is 11.7 Å². The van der Waals surface area contributed by atoms with Gasteiger partial charge in [-0.25, -0.2) is 4.98 Å². The normalized spacial score (nSPS) is 10.5. The van der Waals surface area contributed by atoms with Crippen molar-refractivity contribution in [1.29, 1.82) is 0 Å². The molecule has 0 atom stereocenters. The van der Waals surface area contributed by atoms with E-state index in [9.17, 15) is 9.59 Å². The van der Waals surface area contributed by atoms with Crippen molar-refractivity contribution in [2.75, 3.05) is 5.32 Å². The van der Waals surface area contributed by atoms with Crippen LogP contribution in [0, 0.1) is 6.92 Å². The Hall–Kier alpha value is -2.73. The smallest absolute Gasteiger partial charge is 0.275 e. The molecule has 1 N–H and O–H groups in total. The lowest BCUT2D eigenvalue weighted by molar-refractivity contribution is 0.100. The first-order chi connectivity index (χ1) is 11.0. The van der Waals surface area contributed by atoms with Crippen LogP contribution in [0.25, 0.3) is 10.8 Å². The first kappa shape index (κ1) is 15.2. The van der Waals surface area contributed by atoms with Crippen LogP contribution in [-0.2, 0) is 0 Å². The number of nitrogens with zero attached hydrogens (tertiary/aromatic N) is 1. The van der Waals surface area contributed by atoms with Gasteiger partial charge in [0.25, 0.3) is 5.91 Å². The Bertz CT molecular complexity index is 866. The van der Waals surface area contributed by atoms with Crippen molar-refractivity contribution in [3.8, 4) is 10.8 Å². The molecule has 116 valence electrons. The summed E-state index contributed by atoms with van der Waals surface area (Å²) in [5.74, 6) is 0.277. The van der Waals surface area contributed by atoms with Crippen molar-refractivity contribution < 1.29 is 14.0 Å². The molecule has 0 bridgehead atoms. The third-order valence-corrected chi connectivity index (χ3v) is 4.26. The standard InChI is InChI=1S/C17H14N2O3S/c1-10(20)12-5-3-6-13(9-12)18-16(21)15-11(2)23-17(19-15)14-7-4-8-22-14/h3-9H,1-2H3,(H,18,21). The number of anilines is 1. The van der Waals surface area contributed by atoms with Crippen molar-refractivity contribution in [3.05, 3.63) is 58.8 Å². The Morgan fingerprint density at radius 3 is 2.74 bits per heavy atom. The predicted octanol–water partition coefficient (Wildman–Crippen LogP) is 4.17. The molecule has 0 spiro atoms. The van der Waals surface area contributed by atoms with Crippen LogP contribution < -0.4 is 5.32 Å². The average molecular weight is 326 g/mol. The maximum atomic E-state index is 12.4. The number of thiazole rings is 1. The molecule has 0 unspecified atom stereocenters. The fourth-order valence-corrected chi connectivity index (χ4v) is 3.00. The van der Waals surface area contributed by atoms with Crippen LogP contribution in [-0.4, -0.2) is 16.7 Å². The molecular weight excluding hydrogens is 312 g/mol. The third-order valence-electron chi connectivity index (χ3n) is 3.27. The van der Waals surface area contributed by atoms with Gasteiger partial charge >= 0.3 is 0 Å². The number of nitrogens with one attached hydrogen (secondary N) is 1. The molecule has 1 aromatic carbocycles. The maximum Gasteiger partial charge on any atom is 0.275 e. The molecule has 3 rings (SSSR count). The van der Waals surface area contributed by atoms with Gasteiger partial charge in [-0.2, -0.15) is 0 Å². The van der Waals surface area contributed by atoms with Crippen LogP contribution in [0.2, 0.25) is 0 Å². The number of carbonyl (C=O) groups excluding carboxylic acids is 2. The first-order valence-corrected chi connectivity index (χ1v) is 7.80. The largest absolute Gasteiger partial charge is 0.462 e. The molecule has 0 radical (unpaired) electrons. The maximum absolute atomic E-state index is 12.4. The third kappa shape index (κ3) is 3.22. The first-order valence-electron chi connectivity index (χ1n) is 6.98. The number of ketones is 1. The second-order valence-corrected chi connectivity index (χ2v) is 6.20. The quantitative estimate of drug-likeness (QED) is 0.730. The lowest BCUT2D eigenvalue weighted by Gasteiger charge is -2.05. The van der Waals surface area contributed by atoms with Gasteiger partial charge in [-0.3, -0.25) is 9.59 Å². The van der Waals surface area contributed by atoms with Gasteiger partial charge in [-0.1, -0.05) is 12.1 Å². The molecule has 2 aromatic heterocycles. The highest BCUT2D eigenvalue weighted by Gasteiger charge is 2.17. The number of hydrogen-bond acceptors (Lipinski definition) is 5. The SMILES string of the molecule is CC(=O)c1cccc(NC(=O)c2nc(-c3ccco3)sc2C)c1. The monoisotopic (exact) mass is 326 g/mol. The predicted molar refractivity (Wildman–Crippen MR) is 89.0 cm³/mol. The molecule has 1 amide bonds. The Kier molecular flexibility index (Phi) is 4.08. The molecule has 0 saturated heterocycles. The topological polar surface area (TPSA) is 72.2 Å². The number of carbonyl (C=O) groups is 2. The summed E-state index contributed by atoms with van der Waals surface area (Å²) in [6.45, 7) is 3.33. The molecule has 0 saturated carbocycles. The van der Waals surface area contributed by atoms with Crippen LogP contribution in [0.4, 0.5) is 5.69 Å². The fraction of sp³-hybridized carbons (Fsp3) is 0.118. The Morgan fingerprint density at radius 2 is 2.04 bits per heavy atom. The van der Waals surface area contributed by atoms with Crippen LogP contribution in [0.5, 0.6) is 0 Å². The molecule has 6 heteroatoms. The van der Waals surface area contributed by atoms with Crippen LogP contribution >= 0.6 is 11.3 Å². The minimum Gasteiger partial charge on any atom is -0.462 e. The van der Waals surface area contributed by atoms with Crippen LogP contribution in [0.1, 0.15) is 32.6 Å². The lowest BCUT2D eigenvalue weighted by Crippen LogP contribution is -2.13. The highest BCUT2D eigenvalue weighted by atomic mass is 32.1. The zero-order chi connectivity index (χ0) is 16.4. The highest BCUT2D eigenvalue weighted by Crippen LogP contribution is 2.28. The van der Waals surface area contributed by atoms with E-state index in [2.05, 4.69) is 10.3 Å². The fourth-order valence-electron chi connectivity index (χ4n) is 2.12. The Labute approximate surface area is 137 Å². The van der Waals surface area contributed by atoms with Gasteiger partial charge in [-0.15, -0.1) is 11.3 Å². The van der Waals surface area contributed by atoms with E-state index in [1.807, 2.05) is 6.92 Å². The van der Waals surface area contributed by atoms with Crippen molar-refractivity contribution >= 4 is 28.7 Å². The summed E-state index contributed by atoms with van der Waals surface area (Å²) in [4.78, 5) is 29.0. The minimum absolute atomic E-state index is 0.0500. The van der Waals surface area contributed by atoms with E-state index in [4.69, 9.17) is 4.42 Å². The molecule has 23 heavy (non-hydrogen) atoms. The van der Waals surface area contributed by atoms with E-state index in [1.165, 1.54) is 18.3 Å². The molecule has 5 nitrogen and oxygen atoms in total. The summed E-state index contributed by atoms with van der Waals surface area (Å²) < 4.78 is 5.31. The number of rotatable bonds is 4.